The molecule has 12 heteroatoms. The number of nitrogens with two attached hydrogens (primary N) is 1. The zero-order valence-corrected chi connectivity index (χ0v) is 21.2. The highest BCUT2D eigenvalue weighted by Crippen LogP contribution is 2.34. The lowest BCUT2D eigenvalue weighted by molar-refractivity contribution is 0.532. The van der Waals surface area contributed by atoms with E-state index in [2.05, 4.69) is 15.1 Å². The summed E-state index contributed by atoms with van der Waals surface area (Å²) in [5.41, 5.74) is 8.36. The van der Waals surface area contributed by atoms with Crippen molar-refractivity contribution in [3.8, 4) is 22.4 Å². The Kier molecular flexibility index (Phi) is 5.67. The van der Waals surface area contributed by atoms with Crippen LogP contribution in [0.2, 0.25) is 0 Å². The van der Waals surface area contributed by atoms with E-state index in [4.69, 9.17) is 15.8 Å². The first-order chi connectivity index (χ1) is 18.7. The van der Waals surface area contributed by atoms with Crippen LogP contribution in [0.15, 0.2) is 66.1 Å². The molecule has 0 fully saturated rings. The molecular formula is C27H23F2N9O. The van der Waals surface area contributed by atoms with Crippen LogP contribution in [0, 0.1) is 11.6 Å². The van der Waals surface area contributed by atoms with E-state index in [1.165, 1.54) is 36.7 Å². The fourth-order valence-corrected chi connectivity index (χ4v) is 4.67. The van der Waals surface area contributed by atoms with Gasteiger partial charge < -0.3 is 5.73 Å². The van der Waals surface area contributed by atoms with Gasteiger partial charge >= 0.3 is 0 Å². The summed E-state index contributed by atoms with van der Waals surface area (Å²) in [5, 5.41) is 9.79. The number of anilines is 1. The Hall–Kier alpha value is -5.00. The van der Waals surface area contributed by atoms with Crippen molar-refractivity contribution in [2.24, 2.45) is 0 Å². The molecule has 2 N–H and O–H groups in total. The SMILES string of the molecule is CC(C)n1cc(-c2nn(C(C)c3nc4ccc(F)cn4c(=O)c3-c3cccc(F)c3)c3ncnc(N)c23)cn1. The molecule has 0 aliphatic heterocycles. The summed E-state index contributed by atoms with van der Waals surface area (Å²) in [7, 11) is 0. The van der Waals surface area contributed by atoms with Gasteiger partial charge in [0, 0.05) is 24.0 Å². The zero-order valence-electron chi connectivity index (χ0n) is 21.2. The van der Waals surface area contributed by atoms with Crippen LogP contribution in [0.4, 0.5) is 14.6 Å². The van der Waals surface area contributed by atoms with Crippen LogP contribution in [-0.2, 0) is 0 Å². The summed E-state index contributed by atoms with van der Waals surface area (Å²) < 4.78 is 32.9. The van der Waals surface area contributed by atoms with Crippen LogP contribution in [0.25, 0.3) is 39.1 Å². The molecule has 1 atom stereocenters. The number of rotatable bonds is 5. The van der Waals surface area contributed by atoms with E-state index in [-0.39, 0.29) is 23.1 Å². The average Bonchev–Trinajstić information content (AvgIpc) is 3.55. The zero-order chi connectivity index (χ0) is 27.4. The van der Waals surface area contributed by atoms with Crippen LogP contribution in [-0.4, -0.2) is 38.9 Å². The number of halogens is 2. The highest BCUT2D eigenvalue weighted by molar-refractivity contribution is 5.98. The van der Waals surface area contributed by atoms with Crippen molar-refractivity contribution < 1.29 is 8.78 Å². The third-order valence-electron chi connectivity index (χ3n) is 6.61. The van der Waals surface area contributed by atoms with E-state index in [0.717, 1.165) is 10.6 Å². The molecule has 10 nitrogen and oxygen atoms in total. The van der Waals surface area contributed by atoms with Crippen molar-refractivity contribution >= 4 is 22.5 Å². The lowest BCUT2D eigenvalue weighted by Crippen LogP contribution is -2.23. The molecule has 0 aliphatic carbocycles. The molecular weight excluding hydrogens is 504 g/mol. The first-order valence-corrected chi connectivity index (χ1v) is 12.2. The topological polar surface area (TPSA) is 122 Å². The molecule has 5 heterocycles. The van der Waals surface area contributed by atoms with Gasteiger partial charge in [0.15, 0.2) is 5.65 Å². The van der Waals surface area contributed by atoms with Gasteiger partial charge in [0.1, 0.15) is 35.1 Å². The number of fused-ring (bicyclic) bond motifs is 2. The Morgan fingerprint density at radius 3 is 2.54 bits per heavy atom. The maximum absolute atomic E-state index is 14.3. The van der Waals surface area contributed by atoms with Gasteiger partial charge in [-0.15, -0.1) is 0 Å². The van der Waals surface area contributed by atoms with Gasteiger partial charge in [0.25, 0.3) is 5.56 Å². The van der Waals surface area contributed by atoms with Crippen LogP contribution < -0.4 is 11.3 Å². The van der Waals surface area contributed by atoms with E-state index in [0.29, 0.717) is 33.5 Å². The van der Waals surface area contributed by atoms with E-state index >= 15 is 0 Å². The van der Waals surface area contributed by atoms with Crippen LogP contribution in [0.5, 0.6) is 0 Å². The Balaban J connectivity index is 1.63. The summed E-state index contributed by atoms with van der Waals surface area (Å²) in [6, 6.07) is 7.73. The second-order valence-corrected chi connectivity index (χ2v) is 9.49. The molecule has 0 radical (unpaired) electrons. The fourth-order valence-electron chi connectivity index (χ4n) is 4.67. The first-order valence-electron chi connectivity index (χ1n) is 12.2. The standard InChI is InChI=1S/C27H23F2N9O/c1-14(2)37-11-17(10-33-37)24-22-25(30)31-13-32-26(22)38(35-24)15(3)23-21(16-5-4-6-18(28)9-16)27(39)36-12-19(29)7-8-20(36)34-23/h4-15H,1-3H3,(H2,30,31,32). The number of aromatic nitrogens is 8. The average molecular weight is 528 g/mol. The lowest BCUT2D eigenvalue weighted by Gasteiger charge is -2.18. The summed E-state index contributed by atoms with van der Waals surface area (Å²) in [6.45, 7) is 5.82. The Bertz CT molecular complexity index is 1940. The highest BCUT2D eigenvalue weighted by Gasteiger charge is 2.26. The van der Waals surface area contributed by atoms with Crippen molar-refractivity contribution in [1.29, 1.82) is 0 Å². The summed E-state index contributed by atoms with van der Waals surface area (Å²) >= 11 is 0. The molecule has 5 aromatic heterocycles. The molecule has 6 rings (SSSR count). The third kappa shape index (κ3) is 4.00. The summed E-state index contributed by atoms with van der Waals surface area (Å²) in [5.74, 6) is -0.892. The van der Waals surface area contributed by atoms with Crippen molar-refractivity contribution in [3.63, 3.8) is 0 Å². The van der Waals surface area contributed by atoms with Crippen molar-refractivity contribution in [1.82, 2.24) is 38.9 Å². The monoisotopic (exact) mass is 527 g/mol. The molecule has 0 aliphatic rings. The van der Waals surface area contributed by atoms with E-state index in [9.17, 15) is 13.6 Å². The largest absolute Gasteiger partial charge is 0.383 e. The molecule has 196 valence electrons. The molecule has 1 aromatic carbocycles. The molecule has 6 aromatic rings. The number of nitrogen functional groups attached to an aromatic ring is 1. The van der Waals surface area contributed by atoms with E-state index < -0.39 is 23.2 Å². The van der Waals surface area contributed by atoms with Crippen molar-refractivity contribution in [2.45, 2.75) is 32.9 Å². The quantitative estimate of drug-likeness (QED) is 0.352. The Labute approximate surface area is 220 Å². The summed E-state index contributed by atoms with van der Waals surface area (Å²) in [4.78, 5) is 27.0. The molecule has 1 unspecified atom stereocenters. The lowest BCUT2D eigenvalue weighted by atomic mass is 10.0. The molecule has 39 heavy (non-hydrogen) atoms. The van der Waals surface area contributed by atoms with Gasteiger partial charge in [-0.3, -0.25) is 13.9 Å². The second-order valence-electron chi connectivity index (χ2n) is 9.49. The van der Waals surface area contributed by atoms with Crippen molar-refractivity contribution in [2.75, 3.05) is 5.73 Å². The third-order valence-corrected chi connectivity index (χ3v) is 6.61. The van der Waals surface area contributed by atoms with Gasteiger partial charge in [0.2, 0.25) is 0 Å². The summed E-state index contributed by atoms with van der Waals surface area (Å²) in [6.07, 6.45) is 5.95. The molecule has 0 saturated heterocycles. The van der Waals surface area contributed by atoms with E-state index in [1.54, 1.807) is 28.6 Å². The van der Waals surface area contributed by atoms with Crippen LogP contribution >= 0.6 is 0 Å². The maximum atomic E-state index is 14.3. The van der Waals surface area contributed by atoms with Crippen LogP contribution in [0.3, 0.4) is 0 Å². The van der Waals surface area contributed by atoms with Gasteiger partial charge in [-0.05, 0) is 50.6 Å². The molecule has 0 spiro atoms. The van der Waals surface area contributed by atoms with E-state index in [1.807, 2.05) is 20.0 Å². The molecule has 0 bridgehead atoms. The Morgan fingerprint density at radius 1 is 0.974 bits per heavy atom. The van der Waals surface area contributed by atoms with Gasteiger partial charge in [-0.1, -0.05) is 12.1 Å². The normalized spacial score (nSPS) is 12.6. The minimum absolute atomic E-state index is 0.116. The number of pyridine rings is 1. The second kappa shape index (κ2) is 9.08. The van der Waals surface area contributed by atoms with Gasteiger partial charge in [-0.2, -0.15) is 10.2 Å². The van der Waals surface area contributed by atoms with Crippen LogP contribution in [0.1, 0.15) is 38.5 Å². The smallest absolute Gasteiger partial charge is 0.266 e. The first kappa shape index (κ1) is 24.3. The Morgan fingerprint density at radius 2 is 1.79 bits per heavy atom. The fraction of sp³-hybridized carbons (Fsp3) is 0.185. The highest BCUT2D eigenvalue weighted by atomic mass is 19.1. The number of hydrogen-bond donors (Lipinski definition) is 1. The maximum Gasteiger partial charge on any atom is 0.266 e. The minimum Gasteiger partial charge on any atom is -0.383 e. The van der Waals surface area contributed by atoms with Gasteiger partial charge in [-0.25, -0.2) is 28.4 Å². The van der Waals surface area contributed by atoms with Gasteiger partial charge in [0.05, 0.1) is 28.9 Å². The molecule has 0 amide bonds. The minimum atomic E-state index is -0.670. The molecule has 0 saturated carbocycles. The number of benzene rings is 1. The number of hydrogen-bond acceptors (Lipinski definition) is 7. The number of nitrogens with zero attached hydrogens (tertiary/aromatic N) is 8. The predicted octanol–water partition coefficient (Wildman–Crippen LogP) is 4.42. The predicted molar refractivity (Wildman–Crippen MR) is 142 cm³/mol. The van der Waals surface area contributed by atoms with Crippen molar-refractivity contribution in [3.05, 3.63) is 89.0 Å².